The third-order valence-electron chi connectivity index (χ3n) is 7.07. The van der Waals surface area contributed by atoms with E-state index in [0.717, 1.165) is 47.9 Å². The standard InChI is InChI=1S/C31H32FN5O6S2/c1-4-43-30(40)27-21-7-5-6-8-24(21)45-29(27)34-26(38)17-44-31-36-35-25(37(31)20-12-10-19(32)11-13-20)16-33-28(39)18-9-14-22(41-2)23(15-18)42-3/h9-15H,4-8,16-17H2,1-3H3,(H,33,39)(H,34,38). The van der Waals surface area contributed by atoms with E-state index in [9.17, 15) is 18.8 Å². The Morgan fingerprint density at radius 3 is 2.51 bits per heavy atom. The monoisotopic (exact) mass is 653 g/mol. The predicted octanol–water partition coefficient (Wildman–Crippen LogP) is 5.20. The van der Waals surface area contributed by atoms with Gasteiger partial charge in [-0.05, 0) is 80.6 Å². The van der Waals surface area contributed by atoms with Crippen molar-refractivity contribution in [2.75, 3.05) is 31.9 Å². The normalized spacial score (nSPS) is 12.3. The highest BCUT2D eigenvalue weighted by molar-refractivity contribution is 7.99. The number of amides is 2. The van der Waals surface area contributed by atoms with Gasteiger partial charge in [0, 0.05) is 16.1 Å². The maximum absolute atomic E-state index is 13.8. The summed E-state index contributed by atoms with van der Waals surface area (Å²) >= 11 is 2.54. The molecule has 0 atom stereocenters. The number of fused-ring (bicyclic) bond motifs is 1. The first-order valence-electron chi connectivity index (χ1n) is 14.3. The van der Waals surface area contributed by atoms with Gasteiger partial charge in [-0.2, -0.15) is 0 Å². The van der Waals surface area contributed by atoms with Gasteiger partial charge in [-0.15, -0.1) is 21.5 Å². The minimum atomic E-state index is -0.435. The first-order chi connectivity index (χ1) is 21.8. The molecule has 0 spiro atoms. The summed E-state index contributed by atoms with van der Waals surface area (Å²) in [7, 11) is 2.99. The van der Waals surface area contributed by atoms with Gasteiger partial charge in [-0.1, -0.05) is 11.8 Å². The van der Waals surface area contributed by atoms with E-state index in [2.05, 4.69) is 20.8 Å². The van der Waals surface area contributed by atoms with Crippen molar-refractivity contribution in [3.8, 4) is 17.2 Å². The molecule has 1 aliphatic carbocycles. The number of hydrogen-bond acceptors (Lipinski definition) is 10. The van der Waals surface area contributed by atoms with E-state index in [1.54, 1.807) is 41.8 Å². The molecular weight excluding hydrogens is 622 g/mol. The highest BCUT2D eigenvalue weighted by atomic mass is 32.2. The zero-order valence-electron chi connectivity index (χ0n) is 25.0. The van der Waals surface area contributed by atoms with E-state index < -0.39 is 11.8 Å². The molecule has 0 bridgehead atoms. The van der Waals surface area contributed by atoms with E-state index in [-0.39, 0.29) is 30.7 Å². The van der Waals surface area contributed by atoms with Gasteiger partial charge in [0.25, 0.3) is 5.91 Å². The van der Waals surface area contributed by atoms with Gasteiger partial charge in [-0.25, -0.2) is 9.18 Å². The van der Waals surface area contributed by atoms with Crippen LogP contribution in [0.15, 0.2) is 47.6 Å². The molecule has 14 heteroatoms. The Kier molecular flexibility index (Phi) is 10.4. The van der Waals surface area contributed by atoms with E-state index in [4.69, 9.17) is 14.2 Å². The Hall–Kier alpha value is -4.43. The number of carbonyl (C=O) groups excluding carboxylic acids is 3. The number of esters is 1. The SMILES string of the molecule is CCOC(=O)c1c(NC(=O)CSc2nnc(CNC(=O)c3ccc(OC)c(OC)c3)n2-c2ccc(F)cc2)sc2c1CCCC2. The number of nitrogens with zero attached hydrogens (tertiary/aromatic N) is 3. The molecule has 0 radical (unpaired) electrons. The number of thiophene rings is 1. The van der Waals surface area contributed by atoms with Gasteiger partial charge in [0.05, 0.1) is 38.7 Å². The summed E-state index contributed by atoms with van der Waals surface area (Å²) in [5, 5.41) is 15.1. The van der Waals surface area contributed by atoms with Crippen LogP contribution in [-0.4, -0.2) is 59.1 Å². The highest BCUT2D eigenvalue weighted by Crippen LogP contribution is 2.39. The minimum absolute atomic E-state index is 0.00599. The molecule has 11 nitrogen and oxygen atoms in total. The largest absolute Gasteiger partial charge is 0.493 e. The molecule has 236 valence electrons. The molecule has 45 heavy (non-hydrogen) atoms. The maximum atomic E-state index is 13.8. The lowest BCUT2D eigenvalue weighted by Crippen LogP contribution is -2.24. The van der Waals surface area contributed by atoms with E-state index in [1.807, 2.05) is 0 Å². The van der Waals surface area contributed by atoms with Crippen LogP contribution >= 0.6 is 23.1 Å². The maximum Gasteiger partial charge on any atom is 0.341 e. The molecule has 2 aromatic heterocycles. The van der Waals surface area contributed by atoms with Crippen LogP contribution in [0.2, 0.25) is 0 Å². The molecule has 0 fully saturated rings. The lowest BCUT2D eigenvalue weighted by atomic mass is 9.95. The average molecular weight is 654 g/mol. The molecule has 0 unspecified atom stereocenters. The Bertz CT molecular complexity index is 1710. The van der Waals surface area contributed by atoms with Crippen LogP contribution in [0.3, 0.4) is 0 Å². The number of halogens is 1. The van der Waals surface area contributed by atoms with Crippen molar-refractivity contribution in [3.63, 3.8) is 0 Å². The molecule has 2 amide bonds. The Labute approximate surface area is 267 Å². The van der Waals surface area contributed by atoms with Crippen LogP contribution in [0.4, 0.5) is 9.39 Å². The quantitative estimate of drug-likeness (QED) is 0.156. The van der Waals surface area contributed by atoms with Crippen LogP contribution < -0.4 is 20.1 Å². The number of aryl methyl sites for hydroxylation is 1. The number of hydrogen-bond donors (Lipinski definition) is 2. The van der Waals surface area contributed by atoms with Crippen molar-refractivity contribution >= 4 is 45.9 Å². The van der Waals surface area contributed by atoms with Crippen molar-refractivity contribution in [2.24, 2.45) is 0 Å². The average Bonchev–Trinajstić information content (AvgIpc) is 3.63. The number of carbonyl (C=O) groups is 3. The zero-order valence-corrected chi connectivity index (χ0v) is 26.6. The number of ether oxygens (including phenoxy) is 3. The molecule has 5 rings (SSSR count). The molecule has 1 aliphatic rings. The van der Waals surface area contributed by atoms with Gasteiger partial charge in [0.15, 0.2) is 22.5 Å². The van der Waals surface area contributed by atoms with Gasteiger partial charge < -0.3 is 24.8 Å². The third kappa shape index (κ3) is 7.28. The first-order valence-corrected chi connectivity index (χ1v) is 16.1. The summed E-state index contributed by atoms with van der Waals surface area (Å²) in [6, 6.07) is 10.5. The second-order valence-electron chi connectivity index (χ2n) is 9.94. The fourth-order valence-corrected chi connectivity index (χ4v) is 7.03. The van der Waals surface area contributed by atoms with Crippen LogP contribution in [0.5, 0.6) is 11.5 Å². The summed E-state index contributed by atoms with van der Waals surface area (Å²) in [5.74, 6) is -0.331. The number of benzene rings is 2. The second kappa shape index (κ2) is 14.6. The molecule has 4 aromatic rings. The van der Waals surface area contributed by atoms with Crippen LogP contribution in [-0.2, 0) is 28.9 Å². The summed E-state index contributed by atoms with van der Waals surface area (Å²) in [6.45, 7) is 1.98. The molecular formula is C31H32FN5O6S2. The third-order valence-corrected chi connectivity index (χ3v) is 9.21. The molecule has 0 saturated heterocycles. The number of methoxy groups -OCH3 is 2. The lowest BCUT2D eigenvalue weighted by molar-refractivity contribution is -0.113. The lowest BCUT2D eigenvalue weighted by Gasteiger charge is -2.13. The van der Waals surface area contributed by atoms with Gasteiger partial charge in [0.1, 0.15) is 10.8 Å². The van der Waals surface area contributed by atoms with E-state index >= 15 is 0 Å². The fraction of sp³-hybridized carbons (Fsp3) is 0.323. The zero-order chi connectivity index (χ0) is 31.9. The van der Waals surface area contributed by atoms with E-state index in [0.29, 0.717) is 44.3 Å². The van der Waals surface area contributed by atoms with Gasteiger partial charge >= 0.3 is 5.97 Å². The Balaban J connectivity index is 1.32. The highest BCUT2D eigenvalue weighted by Gasteiger charge is 2.27. The van der Waals surface area contributed by atoms with Crippen molar-refractivity contribution in [3.05, 3.63) is 75.7 Å². The van der Waals surface area contributed by atoms with Crippen LogP contribution in [0.25, 0.3) is 5.69 Å². The first kappa shape index (κ1) is 32.0. The van der Waals surface area contributed by atoms with Crippen LogP contribution in [0.1, 0.15) is 56.7 Å². The Morgan fingerprint density at radius 1 is 1.02 bits per heavy atom. The van der Waals surface area contributed by atoms with Crippen molar-refractivity contribution in [2.45, 2.75) is 44.3 Å². The van der Waals surface area contributed by atoms with E-state index in [1.165, 1.54) is 37.7 Å². The van der Waals surface area contributed by atoms with Gasteiger partial charge in [-0.3, -0.25) is 14.2 Å². The van der Waals surface area contributed by atoms with Crippen molar-refractivity contribution in [1.82, 2.24) is 20.1 Å². The summed E-state index contributed by atoms with van der Waals surface area (Å²) in [5.41, 5.74) is 2.31. The molecule has 0 aliphatic heterocycles. The minimum Gasteiger partial charge on any atom is -0.493 e. The van der Waals surface area contributed by atoms with Crippen molar-refractivity contribution in [1.29, 1.82) is 0 Å². The topological polar surface area (TPSA) is 134 Å². The van der Waals surface area contributed by atoms with Crippen molar-refractivity contribution < 1.29 is 33.0 Å². The summed E-state index contributed by atoms with van der Waals surface area (Å²) < 4.78 is 31.2. The van der Waals surface area contributed by atoms with Crippen LogP contribution in [0, 0.1) is 5.82 Å². The number of thioether (sulfide) groups is 1. The smallest absolute Gasteiger partial charge is 0.341 e. The number of aromatic nitrogens is 3. The second-order valence-corrected chi connectivity index (χ2v) is 12.0. The molecule has 2 N–H and O–H groups in total. The number of rotatable bonds is 12. The summed E-state index contributed by atoms with van der Waals surface area (Å²) in [6.07, 6.45) is 3.66. The fourth-order valence-electron chi connectivity index (χ4n) is 4.96. The summed E-state index contributed by atoms with van der Waals surface area (Å²) in [4.78, 5) is 40.0. The number of anilines is 1. The molecule has 2 aromatic carbocycles. The van der Waals surface area contributed by atoms with Gasteiger partial charge in [0.2, 0.25) is 5.91 Å². The molecule has 2 heterocycles. The predicted molar refractivity (Wildman–Crippen MR) is 168 cm³/mol. The number of nitrogens with one attached hydrogen (secondary N) is 2. The Morgan fingerprint density at radius 2 is 1.78 bits per heavy atom. The molecule has 0 saturated carbocycles.